The molecule has 1 heterocycles. The molecule has 0 amide bonds. The van der Waals surface area contributed by atoms with Crippen LogP contribution in [0.15, 0.2) is 23.2 Å². The summed E-state index contributed by atoms with van der Waals surface area (Å²) < 4.78 is 100. The van der Waals surface area contributed by atoms with Crippen molar-refractivity contribution in [1.29, 1.82) is 5.26 Å². The first-order valence-electron chi connectivity index (χ1n) is 6.31. The van der Waals surface area contributed by atoms with Gasteiger partial charge in [-0.25, -0.2) is 8.42 Å². The number of rotatable bonds is 2. The molecule has 0 saturated carbocycles. The SMILES string of the molecule is N#Cc1c(S(=O)(=O)C(F)(F)F)cn(-c2c(Cl)cc(C(F)(F)F)cc2Cl)c1Cl. The molecule has 0 fully saturated rings. The molecule has 1 aromatic heterocycles. The van der Waals surface area contributed by atoms with Crippen molar-refractivity contribution in [2.24, 2.45) is 0 Å². The Labute approximate surface area is 162 Å². The minimum atomic E-state index is -5.98. The Bertz CT molecular complexity index is 1040. The monoisotopic (exact) mass is 470 g/mol. The molecule has 0 unspecified atom stereocenters. The average Bonchev–Trinajstić information content (AvgIpc) is 2.82. The van der Waals surface area contributed by atoms with Gasteiger partial charge in [0.2, 0.25) is 0 Å². The maximum absolute atomic E-state index is 12.8. The third-order valence-corrected chi connectivity index (χ3v) is 5.65. The lowest BCUT2D eigenvalue weighted by atomic mass is 10.2. The van der Waals surface area contributed by atoms with E-state index in [1.807, 2.05) is 0 Å². The van der Waals surface area contributed by atoms with Gasteiger partial charge in [-0.1, -0.05) is 34.8 Å². The molecule has 0 spiro atoms. The number of hydrogen-bond donors (Lipinski definition) is 0. The van der Waals surface area contributed by atoms with Gasteiger partial charge in [0.05, 0.1) is 21.3 Å². The number of alkyl halides is 6. The topological polar surface area (TPSA) is 62.9 Å². The van der Waals surface area contributed by atoms with Crippen LogP contribution in [0.4, 0.5) is 26.3 Å². The summed E-state index contributed by atoms with van der Waals surface area (Å²) in [5.74, 6) is 0. The van der Waals surface area contributed by atoms with E-state index in [1.165, 1.54) is 6.07 Å². The minimum absolute atomic E-state index is 0.310. The maximum atomic E-state index is 12.8. The molecule has 0 aliphatic heterocycles. The van der Waals surface area contributed by atoms with Gasteiger partial charge < -0.3 is 4.57 Å². The Morgan fingerprint density at radius 2 is 1.48 bits per heavy atom. The number of sulfone groups is 1. The molecule has 0 N–H and O–H groups in total. The van der Waals surface area contributed by atoms with Crippen LogP contribution in [0.3, 0.4) is 0 Å². The molecular formula is C13H3Cl3F6N2O2S. The molecule has 14 heteroatoms. The van der Waals surface area contributed by atoms with E-state index >= 15 is 0 Å². The van der Waals surface area contributed by atoms with E-state index in [2.05, 4.69) is 0 Å². The summed E-state index contributed by atoms with van der Waals surface area (Å²) in [5, 5.41) is 6.78. The predicted molar refractivity (Wildman–Crippen MR) is 83.8 cm³/mol. The summed E-state index contributed by atoms with van der Waals surface area (Å²) in [4.78, 5) is -1.49. The zero-order valence-electron chi connectivity index (χ0n) is 12.3. The number of benzene rings is 1. The molecular weight excluding hydrogens is 469 g/mol. The fraction of sp³-hybridized carbons (Fsp3) is 0.154. The quantitative estimate of drug-likeness (QED) is 0.534. The second-order valence-electron chi connectivity index (χ2n) is 4.88. The Balaban J connectivity index is 2.83. The molecule has 27 heavy (non-hydrogen) atoms. The fourth-order valence-electron chi connectivity index (χ4n) is 2.01. The summed E-state index contributed by atoms with van der Waals surface area (Å²) in [5.41, 5.74) is -8.60. The van der Waals surface area contributed by atoms with Crippen molar-refractivity contribution in [1.82, 2.24) is 4.57 Å². The van der Waals surface area contributed by atoms with Crippen LogP contribution in [0.25, 0.3) is 5.69 Å². The zero-order chi connectivity index (χ0) is 20.9. The van der Waals surface area contributed by atoms with Crippen molar-refractivity contribution in [2.75, 3.05) is 0 Å². The van der Waals surface area contributed by atoms with Crippen molar-refractivity contribution >= 4 is 44.6 Å². The molecule has 0 atom stereocenters. The molecule has 0 saturated heterocycles. The molecule has 4 nitrogen and oxygen atoms in total. The maximum Gasteiger partial charge on any atom is 0.502 e. The Morgan fingerprint density at radius 1 is 1.00 bits per heavy atom. The smallest absolute Gasteiger partial charge is 0.302 e. The van der Waals surface area contributed by atoms with E-state index in [9.17, 15) is 34.8 Å². The molecule has 146 valence electrons. The lowest BCUT2D eigenvalue weighted by Gasteiger charge is -2.14. The zero-order valence-corrected chi connectivity index (χ0v) is 15.3. The van der Waals surface area contributed by atoms with Crippen molar-refractivity contribution in [3.05, 3.63) is 44.7 Å². The molecule has 2 aromatic rings. The third-order valence-electron chi connectivity index (χ3n) is 3.20. The van der Waals surface area contributed by atoms with Gasteiger partial charge in [-0.2, -0.15) is 31.6 Å². The molecule has 0 radical (unpaired) electrons. The summed E-state index contributed by atoms with van der Waals surface area (Å²) in [6.45, 7) is 0. The summed E-state index contributed by atoms with van der Waals surface area (Å²) in [6.07, 6.45) is -4.51. The van der Waals surface area contributed by atoms with E-state index in [-0.39, 0.29) is 0 Å². The van der Waals surface area contributed by atoms with Gasteiger partial charge in [0.15, 0.2) is 0 Å². The van der Waals surface area contributed by atoms with Gasteiger partial charge in [0, 0.05) is 6.20 Å². The van der Waals surface area contributed by atoms with Gasteiger partial charge in [-0.05, 0) is 12.1 Å². The van der Waals surface area contributed by atoms with Crippen LogP contribution >= 0.6 is 34.8 Å². The van der Waals surface area contributed by atoms with Gasteiger partial charge in [0.25, 0.3) is 9.84 Å². The van der Waals surface area contributed by atoms with Crippen molar-refractivity contribution < 1.29 is 34.8 Å². The summed E-state index contributed by atoms with van der Waals surface area (Å²) in [7, 11) is -5.98. The number of nitrogens with zero attached hydrogens (tertiary/aromatic N) is 2. The van der Waals surface area contributed by atoms with Crippen molar-refractivity contribution in [3.8, 4) is 11.8 Å². The standard InChI is InChI=1S/C13H3Cl3F6N2O2S/c14-7-1-5(12(17,18)19)2-8(15)10(7)24-4-9(6(3-23)11(24)16)27(25,26)13(20,21)22/h1-2,4H. The summed E-state index contributed by atoms with van der Waals surface area (Å²) in [6, 6.07) is 2.05. The normalized spacial score (nSPS) is 12.9. The molecule has 0 aliphatic carbocycles. The van der Waals surface area contributed by atoms with E-state index < -0.39 is 58.4 Å². The lowest BCUT2D eigenvalue weighted by molar-refractivity contribution is -0.137. The van der Waals surface area contributed by atoms with Crippen molar-refractivity contribution in [2.45, 2.75) is 16.6 Å². The highest BCUT2D eigenvalue weighted by Gasteiger charge is 2.49. The van der Waals surface area contributed by atoms with E-state index in [0.29, 0.717) is 22.9 Å². The van der Waals surface area contributed by atoms with Gasteiger partial charge in [-0.15, -0.1) is 0 Å². The predicted octanol–water partition coefficient (Wildman–Crippen LogP) is 5.62. The summed E-state index contributed by atoms with van der Waals surface area (Å²) >= 11 is 17.2. The van der Waals surface area contributed by atoms with E-state index in [0.717, 1.165) is 0 Å². The van der Waals surface area contributed by atoms with E-state index in [1.54, 1.807) is 0 Å². The minimum Gasteiger partial charge on any atom is -0.302 e. The first-order chi connectivity index (χ1) is 12.1. The van der Waals surface area contributed by atoms with Crippen LogP contribution in [-0.2, 0) is 16.0 Å². The van der Waals surface area contributed by atoms with Crippen LogP contribution in [0, 0.1) is 11.3 Å². The molecule has 0 bridgehead atoms. The van der Waals surface area contributed by atoms with Crippen LogP contribution in [-0.4, -0.2) is 18.5 Å². The number of halogens is 9. The fourth-order valence-corrected chi connectivity index (χ4v) is 3.92. The lowest BCUT2D eigenvalue weighted by Crippen LogP contribution is -2.23. The largest absolute Gasteiger partial charge is 0.502 e. The first-order valence-corrected chi connectivity index (χ1v) is 8.93. The Kier molecular flexibility index (Phi) is 5.44. The third kappa shape index (κ3) is 3.71. The highest BCUT2D eigenvalue weighted by Crippen LogP contribution is 2.42. The van der Waals surface area contributed by atoms with Gasteiger partial charge in [0.1, 0.15) is 21.7 Å². The molecule has 2 rings (SSSR count). The molecule has 1 aromatic carbocycles. The second kappa shape index (κ2) is 6.77. The number of hydrogen-bond acceptors (Lipinski definition) is 3. The molecule has 0 aliphatic rings. The first kappa shape index (κ1) is 21.7. The number of nitriles is 1. The van der Waals surface area contributed by atoms with Crippen LogP contribution in [0.1, 0.15) is 11.1 Å². The highest BCUT2D eigenvalue weighted by molar-refractivity contribution is 7.92. The van der Waals surface area contributed by atoms with E-state index in [4.69, 9.17) is 40.1 Å². The van der Waals surface area contributed by atoms with Crippen LogP contribution < -0.4 is 0 Å². The van der Waals surface area contributed by atoms with Crippen LogP contribution in [0.2, 0.25) is 15.2 Å². The van der Waals surface area contributed by atoms with Crippen molar-refractivity contribution in [3.63, 3.8) is 0 Å². The second-order valence-corrected chi connectivity index (χ2v) is 7.96. The average molecular weight is 472 g/mol. The number of aromatic nitrogens is 1. The van der Waals surface area contributed by atoms with Gasteiger partial charge >= 0.3 is 11.7 Å². The van der Waals surface area contributed by atoms with Gasteiger partial charge in [-0.3, -0.25) is 0 Å². The Morgan fingerprint density at radius 3 is 1.85 bits per heavy atom. The van der Waals surface area contributed by atoms with Crippen LogP contribution in [0.5, 0.6) is 0 Å². The highest BCUT2D eigenvalue weighted by atomic mass is 35.5. The Hall–Kier alpha value is -1.61.